The van der Waals surface area contributed by atoms with Gasteiger partial charge >= 0.3 is 0 Å². The third-order valence-electron chi connectivity index (χ3n) is 4.54. The van der Waals surface area contributed by atoms with Crippen LogP contribution in [0.25, 0.3) is 11.2 Å². The van der Waals surface area contributed by atoms with Gasteiger partial charge < -0.3 is 15.0 Å². The van der Waals surface area contributed by atoms with Crippen LogP contribution in [0.5, 0.6) is 5.75 Å². The highest BCUT2D eigenvalue weighted by molar-refractivity contribution is 6.33. The Labute approximate surface area is 168 Å². The molecule has 3 rings (SSSR count). The highest BCUT2D eigenvalue weighted by Crippen LogP contribution is 2.18. The van der Waals surface area contributed by atoms with Crippen LogP contribution in [0.2, 0.25) is 5.15 Å². The van der Waals surface area contributed by atoms with Gasteiger partial charge in [-0.25, -0.2) is 15.0 Å². The molecule has 0 bridgehead atoms. The Morgan fingerprint density at radius 3 is 2.68 bits per heavy atom. The van der Waals surface area contributed by atoms with Gasteiger partial charge in [0.05, 0.1) is 12.9 Å². The number of carbonyl (C=O) groups is 1. The van der Waals surface area contributed by atoms with E-state index < -0.39 is 5.91 Å². The van der Waals surface area contributed by atoms with Crippen LogP contribution in [-0.2, 0) is 6.54 Å². The van der Waals surface area contributed by atoms with E-state index >= 15 is 0 Å². The number of aryl methyl sites for hydroxylation is 1. The number of halogens is 1. The first-order chi connectivity index (χ1) is 13.6. The summed E-state index contributed by atoms with van der Waals surface area (Å²) in [6.07, 6.45) is 9.92. The summed E-state index contributed by atoms with van der Waals surface area (Å²) in [5.74, 6) is 0.248. The molecule has 0 fully saturated rings. The van der Waals surface area contributed by atoms with Gasteiger partial charge in [0, 0.05) is 12.1 Å². The Morgan fingerprint density at radius 2 is 1.86 bits per heavy atom. The number of nitrogens with zero attached hydrogens (tertiary/aromatic N) is 4. The molecule has 7 nitrogen and oxygen atoms in total. The number of aromatic nitrogens is 4. The van der Waals surface area contributed by atoms with E-state index in [1.807, 2.05) is 10.6 Å². The first-order valence-electron chi connectivity index (χ1n) is 9.49. The van der Waals surface area contributed by atoms with Crippen LogP contribution in [0.15, 0.2) is 36.9 Å². The molecule has 0 aliphatic carbocycles. The van der Waals surface area contributed by atoms with Gasteiger partial charge in [0.1, 0.15) is 17.6 Å². The molecule has 2 aromatic heterocycles. The van der Waals surface area contributed by atoms with Gasteiger partial charge in [0.25, 0.3) is 0 Å². The van der Waals surface area contributed by atoms with Gasteiger partial charge in [-0.15, -0.1) is 0 Å². The lowest BCUT2D eigenvalue weighted by atomic mass is 10.1. The lowest BCUT2D eigenvalue weighted by Gasteiger charge is -2.07. The summed E-state index contributed by atoms with van der Waals surface area (Å²) in [5.41, 5.74) is 7.19. The molecular formula is C20H24ClN5O2. The molecule has 0 aliphatic rings. The van der Waals surface area contributed by atoms with E-state index in [9.17, 15) is 4.79 Å². The summed E-state index contributed by atoms with van der Waals surface area (Å²) in [5, 5.41) is 0.396. The number of amides is 1. The van der Waals surface area contributed by atoms with Crippen molar-refractivity contribution in [3.63, 3.8) is 0 Å². The number of benzene rings is 1. The molecule has 1 amide bonds. The summed E-state index contributed by atoms with van der Waals surface area (Å²) in [7, 11) is 0. The van der Waals surface area contributed by atoms with E-state index in [0.717, 1.165) is 37.9 Å². The van der Waals surface area contributed by atoms with Crippen molar-refractivity contribution in [1.82, 2.24) is 19.5 Å². The van der Waals surface area contributed by atoms with Crippen molar-refractivity contribution in [2.45, 2.75) is 45.1 Å². The normalized spacial score (nSPS) is 11.0. The third-order valence-corrected chi connectivity index (χ3v) is 4.81. The van der Waals surface area contributed by atoms with Crippen molar-refractivity contribution in [3.05, 3.63) is 47.6 Å². The standard InChI is InChI=1S/C20H24ClN5O2/c21-18-17-20(24-13-23-18)26(14-25-17)10-5-3-1-2-4-6-11-28-16-9-7-8-15(12-16)19(22)27/h7-9,12-14H,1-6,10-11H2,(H2,22,27). The van der Waals surface area contributed by atoms with Crippen molar-refractivity contribution in [2.75, 3.05) is 6.61 Å². The minimum Gasteiger partial charge on any atom is -0.494 e. The van der Waals surface area contributed by atoms with E-state index in [0.29, 0.717) is 28.6 Å². The van der Waals surface area contributed by atoms with Crippen molar-refractivity contribution in [3.8, 4) is 5.75 Å². The highest BCUT2D eigenvalue weighted by Gasteiger charge is 2.07. The second-order valence-corrected chi connectivity index (χ2v) is 6.99. The maximum absolute atomic E-state index is 11.2. The molecule has 8 heteroatoms. The fourth-order valence-electron chi connectivity index (χ4n) is 3.04. The number of fused-ring (bicyclic) bond motifs is 1. The Kier molecular flexibility index (Phi) is 7.19. The molecule has 2 heterocycles. The molecule has 0 spiro atoms. The molecule has 0 saturated heterocycles. The van der Waals surface area contributed by atoms with E-state index in [1.54, 1.807) is 24.5 Å². The molecule has 0 unspecified atom stereocenters. The monoisotopic (exact) mass is 401 g/mol. The summed E-state index contributed by atoms with van der Waals surface area (Å²) in [4.78, 5) is 23.6. The van der Waals surface area contributed by atoms with E-state index in [4.69, 9.17) is 22.1 Å². The minimum absolute atomic E-state index is 0.396. The van der Waals surface area contributed by atoms with Crippen molar-refractivity contribution in [2.24, 2.45) is 5.73 Å². The van der Waals surface area contributed by atoms with Gasteiger partial charge in [-0.05, 0) is 31.0 Å². The number of carbonyl (C=O) groups excluding carboxylic acids is 1. The first kappa shape index (κ1) is 20.1. The van der Waals surface area contributed by atoms with E-state index in [1.165, 1.54) is 19.2 Å². The smallest absolute Gasteiger partial charge is 0.248 e. The second kappa shape index (κ2) is 10.0. The van der Waals surface area contributed by atoms with Crippen LogP contribution < -0.4 is 10.5 Å². The SMILES string of the molecule is NC(=O)c1cccc(OCCCCCCCCn2cnc3c(Cl)ncnc32)c1. The number of hydrogen-bond acceptors (Lipinski definition) is 5. The van der Waals surface area contributed by atoms with Crippen LogP contribution in [0.4, 0.5) is 0 Å². The third kappa shape index (κ3) is 5.42. The van der Waals surface area contributed by atoms with Crippen molar-refractivity contribution in [1.29, 1.82) is 0 Å². The summed E-state index contributed by atoms with van der Waals surface area (Å²) in [6.45, 7) is 1.52. The number of imidazole rings is 1. The quantitative estimate of drug-likeness (QED) is 0.387. The molecular weight excluding hydrogens is 378 g/mol. The van der Waals surface area contributed by atoms with E-state index in [-0.39, 0.29) is 0 Å². The molecule has 0 aliphatic heterocycles. The van der Waals surface area contributed by atoms with Gasteiger partial charge in [0.15, 0.2) is 10.8 Å². The van der Waals surface area contributed by atoms with Gasteiger partial charge in [-0.3, -0.25) is 4.79 Å². The zero-order valence-corrected chi connectivity index (χ0v) is 16.4. The molecule has 2 N–H and O–H groups in total. The van der Waals surface area contributed by atoms with Gasteiger partial charge in [-0.2, -0.15) is 0 Å². The molecule has 148 valence electrons. The number of ether oxygens (including phenoxy) is 1. The van der Waals surface area contributed by atoms with Gasteiger partial charge in [0.2, 0.25) is 5.91 Å². The topological polar surface area (TPSA) is 95.9 Å². The summed E-state index contributed by atoms with van der Waals surface area (Å²) >= 11 is 6.02. The average Bonchev–Trinajstić information content (AvgIpc) is 3.11. The Balaban J connectivity index is 1.27. The number of primary amides is 1. The van der Waals surface area contributed by atoms with Crippen LogP contribution in [0, 0.1) is 0 Å². The Hall–Kier alpha value is -2.67. The van der Waals surface area contributed by atoms with Crippen LogP contribution >= 0.6 is 11.6 Å². The predicted molar refractivity (Wildman–Crippen MR) is 108 cm³/mol. The number of nitrogens with two attached hydrogens (primary N) is 1. The molecule has 1 aromatic carbocycles. The van der Waals surface area contributed by atoms with E-state index in [2.05, 4.69) is 15.0 Å². The lowest BCUT2D eigenvalue weighted by Crippen LogP contribution is -2.10. The Morgan fingerprint density at radius 1 is 1.07 bits per heavy atom. The zero-order valence-electron chi connectivity index (χ0n) is 15.7. The van der Waals surface area contributed by atoms with Crippen LogP contribution in [0.3, 0.4) is 0 Å². The van der Waals surface area contributed by atoms with Crippen molar-refractivity contribution >= 4 is 28.7 Å². The molecule has 3 aromatic rings. The maximum Gasteiger partial charge on any atom is 0.248 e. The fourth-order valence-corrected chi connectivity index (χ4v) is 3.21. The highest BCUT2D eigenvalue weighted by atomic mass is 35.5. The van der Waals surface area contributed by atoms with Crippen LogP contribution in [-0.4, -0.2) is 32.0 Å². The number of unbranched alkanes of at least 4 members (excludes halogenated alkanes) is 5. The summed E-state index contributed by atoms with van der Waals surface area (Å²) in [6, 6.07) is 6.98. The number of hydrogen-bond donors (Lipinski definition) is 1. The molecule has 0 atom stereocenters. The van der Waals surface area contributed by atoms with Crippen molar-refractivity contribution < 1.29 is 9.53 Å². The van der Waals surface area contributed by atoms with Crippen LogP contribution in [0.1, 0.15) is 48.9 Å². The lowest BCUT2D eigenvalue weighted by molar-refractivity contribution is 0.1000. The molecule has 0 saturated carbocycles. The molecule has 28 heavy (non-hydrogen) atoms. The molecule has 0 radical (unpaired) electrons. The average molecular weight is 402 g/mol. The van der Waals surface area contributed by atoms with Gasteiger partial charge in [-0.1, -0.05) is 43.4 Å². The fraction of sp³-hybridized carbons (Fsp3) is 0.400. The zero-order chi connectivity index (χ0) is 19.8. The minimum atomic E-state index is -0.440. The predicted octanol–water partition coefficient (Wildman–Crippen LogP) is 4.00. The number of rotatable bonds is 11. The maximum atomic E-state index is 11.2. The second-order valence-electron chi connectivity index (χ2n) is 6.64. The largest absolute Gasteiger partial charge is 0.494 e. The summed E-state index contributed by atoms with van der Waals surface area (Å²) < 4.78 is 7.71. The first-order valence-corrected chi connectivity index (χ1v) is 9.87. The Bertz CT molecular complexity index is 928.